The number of rotatable bonds is 2. The van der Waals surface area contributed by atoms with Crippen LogP contribution in [0.3, 0.4) is 0 Å². The zero-order valence-corrected chi connectivity index (χ0v) is 8.96. The number of hydrogen-bond acceptors (Lipinski definition) is 5. The molecule has 0 saturated carbocycles. The summed E-state index contributed by atoms with van der Waals surface area (Å²) in [4.78, 5) is 8.48. The Bertz CT molecular complexity index is 464. The van der Waals surface area contributed by atoms with Crippen molar-refractivity contribution >= 4 is 27.4 Å². The second-order valence-corrected chi connectivity index (χ2v) is 4.48. The molecule has 0 aromatic carbocycles. The van der Waals surface area contributed by atoms with Gasteiger partial charge in [-0.2, -0.15) is 0 Å². The molecular weight excluding hydrogens is 210 g/mol. The van der Waals surface area contributed by atoms with Crippen LogP contribution < -0.4 is 5.32 Å². The maximum Gasteiger partial charge on any atom is 0.147 e. The second-order valence-electron chi connectivity index (χ2n) is 3.56. The van der Waals surface area contributed by atoms with Crippen LogP contribution in [0.15, 0.2) is 17.8 Å². The fourth-order valence-electron chi connectivity index (χ4n) is 1.73. The van der Waals surface area contributed by atoms with Gasteiger partial charge >= 0.3 is 0 Å². The average molecular weight is 221 g/mol. The molecule has 3 rings (SSSR count). The summed E-state index contributed by atoms with van der Waals surface area (Å²) in [6.45, 7) is 1.62. The molecule has 78 valence electrons. The summed E-state index contributed by atoms with van der Waals surface area (Å²) in [6.07, 6.45) is 2.66. The molecule has 1 fully saturated rings. The van der Waals surface area contributed by atoms with Gasteiger partial charge in [0.1, 0.15) is 12.1 Å². The van der Waals surface area contributed by atoms with E-state index in [9.17, 15) is 0 Å². The number of hydrogen-bond donors (Lipinski definition) is 1. The Morgan fingerprint density at radius 3 is 3.33 bits per heavy atom. The highest BCUT2D eigenvalue weighted by atomic mass is 32.1. The number of fused-ring (bicyclic) bond motifs is 1. The molecule has 0 aliphatic carbocycles. The van der Waals surface area contributed by atoms with Gasteiger partial charge in [-0.3, -0.25) is 0 Å². The first-order valence-corrected chi connectivity index (χ1v) is 5.84. The van der Waals surface area contributed by atoms with Crippen LogP contribution in [0.5, 0.6) is 0 Å². The largest absolute Gasteiger partial charge is 0.379 e. The lowest BCUT2D eigenvalue weighted by atomic mass is 10.2. The molecule has 1 N–H and O–H groups in total. The summed E-state index contributed by atoms with van der Waals surface area (Å²) >= 11 is 1.67. The van der Waals surface area contributed by atoms with Crippen LogP contribution in [0.25, 0.3) is 10.2 Å². The van der Waals surface area contributed by atoms with Crippen molar-refractivity contribution in [2.24, 2.45) is 0 Å². The van der Waals surface area contributed by atoms with Gasteiger partial charge < -0.3 is 10.1 Å². The Hall–Kier alpha value is -1.20. The van der Waals surface area contributed by atoms with E-state index in [1.54, 1.807) is 17.7 Å². The van der Waals surface area contributed by atoms with E-state index in [0.717, 1.165) is 35.7 Å². The highest BCUT2D eigenvalue weighted by Gasteiger charge is 2.17. The lowest BCUT2D eigenvalue weighted by Gasteiger charge is -2.11. The van der Waals surface area contributed by atoms with Gasteiger partial charge in [-0.15, -0.1) is 11.3 Å². The molecular formula is C10H11N3OS. The van der Waals surface area contributed by atoms with Crippen molar-refractivity contribution in [2.45, 2.75) is 12.5 Å². The third-order valence-electron chi connectivity index (χ3n) is 2.51. The van der Waals surface area contributed by atoms with Crippen molar-refractivity contribution in [3.8, 4) is 0 Å². The third-order valence-corrected chi connectivity index (χ3v) is 3.42. The van der Waals surface area contributed by atoms with Crippen LogP contribution in [0, 0.1) is 0 Å². The van der Waals surface area contributed by atoms with Crippen LogP contribution in [-0.4, -0.2) is 29.2 Å². The maximum absolute atomic E-state index is 5.32. The number of nitrogens with one attached hydrogen (secondary N) is 1. The van der Waals surface area contributed by atoms with E-state index in [-0.39, 0.29) is 0 Å². The molecule has 3 heterocycles. The average Bonchev–Trinajstić information content (AvgIpc) is 2.87. The second kappa shape index (κ2) is 3.75. The number of ether oxygens (including phenoxy) is 1. The van der Waals surface area contributed by atoms with E-state index in [0.29, 0.717) is 6.04 Å². The standard InChI is InChI=1S/C10H11N3OS/c1-3-14-5-7(1)13-10-9-8(2-4-15-9)11-6-12-10/h2,4,6-7H,1,3,5H2,(H,11,12,13). The predicted molar refractivity (Wildman–Crippen MR) is 60.3 cm³/mol. The highest BCUT2D eigenvalue weighted by Crippen LogP contribution is 2.26. The van der Waals surface area contributed by atoms with Crippen molar-refractivity contribution in [2.75, 3.05) is 18.5 Å². The molecule has 1 saturated heterocycles. The summed E-state index contributed by atoms with van der Waals surface area (Å²) in [5.74, 6) is 0.936. The van der Waals surface area contributed by atoms with Gasteiger partial charge in [0.15, 0.2) is 0 Å². The van der Waals surface area contributed by atoms with E-state index in [1.165, 1.54) is 0 Å². The Morgan fingerprint density at radius 2 is 2.47 bits per heavy atom. The quantitative estimate of drug-likeness (QED) is 0.841. The van der Waals surface area contributed by atoms with Crippen LogP contribution in [0.1, 0.15) is 6.42 Å². The van der Waals surface area contributed by atoms with Gasteiger partial charge in [-0.1, -0.05) is 0 Å². The first kappa shape index (κ1) is 9.06. The fraction of sp³-hybridized carbons (Fsp3) is 0.400. The van der Waals surface area contributed by atoms with Gasteiger partial charge in [0.25, 0.3) is 0 Å². The topological polar surface area (TPSA) is 47.0 Å². The lowest BCUT2D eigenvalue weighted by molar-refractivity contribution is 0.195. The van der Waals surface area contributed by atoms with Crippen molar-refractivity contribution in [1.29, 1.82) is 0 Å². The molecule has 1 aliphatic rings. The van der Waals surface area contributed by atoms with Gasteiger partial charge in [-0.25, -0.2) is 9.97 Å². The van der Waals surface area contributed by atoms with Crippen molar-refractivity contribution in [3.63, 3.8) is 0 Å². The summed E-state index contributed by atoms with van der Waals surface area (Å²) in [6, 6.07) is 2.41. The first-order chi connectivity index (χ1) is 7.43. The molecule has 2 aromatic rings. The van der Waals surface area contributed by atoms with Gasteiger partial charge in [-0.05, 0) is 17.9 Å². The van der Waals surface area contributed by atoms with Crippen LogP contribution in [0.2, 0.25) is 0 Å². The molecule has 15 heavy (non-hydrogen) atoms. The minimum Gasteiger partial charge on any atom is -0.379 e. The minimum absolute atomic E-state index is 0.394. The normalized spacial score (nSPS) is 20.9. The van der Waals surface area contributed by atoms with Gasteiger partial charge in [0, 0.05) is 6.61 Å². The molecule has 4 nitrogen and oxygen atoms in total. The van der Waals surface area contributed by atoms with Gasteiger partial charge in [0.2, 0.25) is 0 Å². The summed E-state index contributed by atoms with van der Waals surface area (Å²) < 4.78 is 6.45. The summed E-state index contributed by atoms with van der Waals surface area (Å²) in [5, 5.41) is 5.44. The van der Waals surface area contributed by atoms with E-state index < -0.39 is 0 Å². The number of anilines is 1. The van der Waals surface area contributed by atoms with Crippen molar-refractivity contribution in [3.05, 3.63) is 17.8 Å². The number of aromatic nitrogens is 2. The van der Waals surface area contributed by atoms with E-state index >= 15 is 0 Å². The molecule has 1 unspecified atom stereocenters. The minimum atomic E-state index is 0.394. The van der Waals surface area contributed by atoms with Crippen molar-refractivity contribution < 1.29 is 4.74 Å². The van der Waals surface area contributed by atoms with Crippen molar-refractivity contribution in [1.82, 2.24) is 9.97 Å². The van der Waals surface area contributed by atoms with E-state index in [1.807, 2.05) is 11.4 Å². The monoisotopic (exact) mass is 221 g/mol. The van der Waals surface area contributed by atoms with Crippen LogP contribution >= 0.6 is 11.3 Å². The Balaban J connectivity index is 1.92. The Morgan fingerprint density at radius 1 is 1.47 bits per heavy atom. The van der Waals surface area contributed by atoms with Crippen LogP contribution in [0.4, 0.5) is 5.82 Å². The Labute approximate surface area is 91.3 Å². The highest BCUT2D eigenvalue weighted by molar-refractivity contribution is 7.17. The van der Waals surface area contributed by atoms with Gasteiger partial charge in [0.05, 0.1) is 22.9 Å². The zero-order valence-electron chi connectivity index (χ0n) is 8.14. The number of nitrogens with zero attached hydrogens (tertiary/aromatic N) is 2. The van der Waals surface area contributed by atoms with Crippen LogP contribution in [-0.2, 0) is 4.74 Å². The molecule has 0 radical (unpaired) electrons. The lowest BCUT2D eigenvalue weighted by Crippen LogP contribution is -2.19. The molecule has 0 bridgehead atoms. The maximum atomic E-state index is 5.32. The predicted octanol–water partition coefficient (Wildman–Crippen LogP) is 1.89. The smallest absolute Gasteiger partial charge is 0.147 e. The Kier molecular flexibility index (Phi) is 2.26. The fourth-order valence-corrected chi connectivity index (χ4v) is 2.53. The number of thiophene rings is 1. The SMILES string of the molecule is c1nc(NC2CCOC2)c2sccc2n1. The molecule has 0 amide bonds. The first-order valence-electron chi connectivity index (χ1n) is 4.96. The molecule has 5 heteroatoms. The molecule has 2 aromatic heterocycles. The van der Waals surface area contributed by atoms with E-state index in [4.69, 9.17) is 4.74 Å². The third kappa shape index (κ3) is 1.68. The van der Waals surface area contributed by atoms with E-state index in [2.05, 4.69) is 15.3 Å². The molecule has 1 atom stereocenters. The molecule has 1 aliphatic heterocycles. The zero-order chi connectivity index (χ0) is 10.1. The summed E-state index contributed by atoms with van der Waals surface area (Å²) in [5.41, 5.74) is 1.01. The summed E-state index contributed by atoms with van der Waals surface area (Å²) in [7, 11) is 0. The molecule has 0 spiro atoms.